The Hall–Kier alpha value is -0.330. The van der Waals surface area contributed by atoms with Crippen molar-refractivity contribution >= 4 is 5.78 Å². The molecular weight excluding hydrogens is 208 g/mol. The van der Waals surface area contributed by atoms with Gasteiger partial charge >= 0.3 is 0 Å². The van der Waals surface area contributed by atoms with E-state index in [1.54, 1.807) is 0 Å². The summed E-state index contributed by atoms with van der Waals surface area (Å²) in [4.78, 5) is 12.4. The van der Waals surface area contributed by atoms with Crippen LogP contribution in [-0.2, 0) is 4.79 Å². The van der Waals surface area contributed by atoms with Crippen LogP contribution in [0.1, 0.15) is 60.8 Å². The lowest BCUT2D eigenvalue weighted by Gasteiger charge is -2.45. The van der Waals surface area contributed by atoms with E-state index in [1.807, 2.05) is 0 Å². The number of carbonyl (C=O) groups is 1. The van der Waals surface area contributed by atoms with E-state index in [0.29, 0.717) is 29.0 Å². The predicted octanol–water partition coefficient (Wildman–Crippen LogP) is 4.31. The minimum Gasteiger partial charge on any atom is -0.299 e. The van der Waals surface area contributed by atoms with Crippen LogP contribution in [0.4, 0.5) is 0 Å². The third-order valence-corrected chi connectivity index (χ3v) is 6.69. The number of rotatable bonds is 0. The Labute approximate surface area is 106 Å². The van der Waals surface area contributed by atoms with Gasteiger partial charge in [-0.1, -0.05) is 41.5 Å². The van der Waals surface area contributed by atoms with Crippen LogP contribution in [0.3, 0.4) is 0 Å². The fourth-order valence-electron chi connectivity index (χ4n) is 4.72. The minimum atomic E-state index is 0.236. The molecule has 1 nitrogen and oxygen atoms in total. The molecule has 2 fully saturated rings. The Bertz CT molecular complexity index is 330. The van der Waals surface area contributed by atoms with Crippen molar-refractivity contribution < 1.29 is 4.79 Å². The monoisotopic (exact) mass is 236 g/mol. The number of hydrogen-bond acceptors (Lipinski definition) is 1. The van der Waals surface area contributed by atoms with Crippen LogP contribution in [0.15, 0.2) is 0 Å². The van der Waals surface area contributed by atoms with E-state index in [2.05, 4.69) is 41.5 Å². The van der Waals surface area contributed by atoms with Crippen molar-refractivity contribution in [3.8, 4) is 0 Å². The molecular formula is C16H28O. The molecule has 2 aliphatic carbocycles. The molecule has 0 aliphatic heterocycles. The number of Topliss-reactive ketones (excluding diaryl/α,β-unsaturated/α-hetero) is 1. The zero-order chi connectivity index (χ0) is 13.0. The average Bonchev–Trinajstić information content (AvgIpc) is 2.51. The Morgan fingerprint density at radius 1 is 1.06 bits per heavy atom. The summed E-state index contributed by atoms with van der Waals surface area (Å²) in [7, 11) is 0. The van der Waals surface area contributed by atoms with Gasteiger partial charge in [0.15, 0.2) is 0 Å². The van der Waals surface area contributed by atoms with Gasteiger partial charge in [-0.25, -0.2) is 0 Å². The molecule has 0 amide bonds. The normalized spacial score (nSPS) is 49.9. The van der Waals surface area contributed by atoms with Gasteiger partial charge in [0, 0.05) is 12.3 Å². The van der Waals surface area contributed by atoms with Crippen molar-refractivity contribution in [2.45, 2.75) is 60.8 Å². The van der Waals surface area contributed by atoms with Crippen LogP contribution in [-0.4, -0.2) is 5.78 Å². The molecule has 0 aromatic carbocycles. The first-order valence-corrected chi connectivity index (χ1v) is 7.24. The third-order valence-electron chi connectivity index (χ3n) is 6.69. The molecule has 0 aromatic heterocycles. The predicted molar refractivity (Wildman–Crippen MR) is 71.7 cm³/mol. The van der Waals surface area contributed by atoms with E-state index in [4.69, 9.17) is 0 Å². The van der Waals surface area contributed by atoms with Crippen molar-refractivity contribution in [3.63, 3.8) is 0 Å². The first-order valence-electron chi connectivity index (χ1n) is 7.24. The zero-order valence-electron chi connectivity index (χ0n) is 12.3. The Morgan fingerprint density at radius 3 is 2.24 bits per heavy atom. The van der Waals surface area contributed by atoms with E-state index in [9.17, 15) is 4.79 Å². The summed E-state index contributed by atoms with van der Waals surface area (Å²) in [6.07, 6.45) is 3.43. The minimum absolute atomic E-state index is 0.236. The van der Waals surface area contributed by atoms with Gasteiger partial charge in [-0.05, 0) is 41.4 Å². The van der Waals surface area contributed by atoms with Crippen molar-refractivity contribution in [3.05, 3.63) is 0 Å². The molecule has 98 valence electrons. The highest BCUT2D eigenvalue weighted by Crippen LogP contribution is 2.61. The highest BCUT2D eigenvalue weighted by atomic mass is 16.1. The summed E-state index contributed by atoms with van der Waals surface area (Å²) >= 11 is 0. The SMILES string of the molecule is CC1C(=O)C[C@]2(C)[C@H](C)CC[C@H]2C(C)(C)[C@H]1C. The summed E-state index contributed by atoms with van der Waals surface area (Å²) in [6.45, 7) is 14.0. The maximum absolute atomic E-state index is 12.4. The molecule has 0 saturated heterocycles. The lowest BCUT2D eigenvalue weighted by atomic mass is 9.60. The van der Waals surface area contributed by atoms with Crippen molar-refractivity contribution in [2.75, 3.05) is 0 Å². The zero-order valence-corrected chi connectivity index (χ0v) is 12.3. The van der Waals surface area contributed by atoms with Gasteiger partial charge in [0.1, 0.15) is 5.78 Å². The molecule has 0 bridgehead atoms. The van der Waals surface area contributed by atoms with Crippen LogP contribution in [0.2, 0.25) is 0 Å². The summed E-state index contributed by atoms with van der Waals surface area (Å²) in [5.74, 6) is 2.66. The summed E-state index contributed by atoms with van der Waals surface area (Å²) in [5, 5.41) is 0. The van der Waals surface area contributed by atoms with Crippen LogP contribution in [0.5, 0.6) is 0 Å². The molecule has 0 radical (unpaired) electrons. The first-order chi connectivity index (χ1) is 7.71. The molecule has 0 aromatic rings. The summed E-state index contributed by atoms with van der Waals surface area (Å²) < 4.78 is 0. The van der Waals surface area contributed by atoms with Crippen molar-refractivity contribution in [1.82, 2.24) is 0 Å². The van der Waals surface area contributed by atoms with E-state index in [1.165, 1.54) is 12.8 Å². The third kappa shape index (κ3) is 1.69. The summed E-state index contributed by atoms with van der Waals surface area (Å²) in [6, 6.07) is 0. The number of hydrogen-bond donors (Lipinski definition) is 0. The van der Waals surface area contributed by atoms with Gasteiger partial charge in [0.2, 0.25) is 0 Å². The van der Waals surface area contributed by atoms with Gasteiger partial charge in [-0.3, -0.25) is 4.79 Å². The second kappa shape index (κ2) is 3.83. The first kappa shape index (κ1) is 13.1. The fourth-order valence-corrected chi connectivity index (χ4v) is 4.72. The van der Waals surface area contributed by atoms with Crippen LogP contribution >= 0.6 is 0 Å². The standard InChI is InChI=1S/C16H28O/c1-10-7-8-14-15(4,5)12(3)11(2)13(17)9-16(10,14)6/h10-12,14H,7-9H2,1-6H3/t10-,11?,12+,14+,16-/m1/s1. The Morgan fingerprint density at radius 2 is 1.65 bits per heavy atom. The Balaban J connectivity index is 2.47. The van der Waals surface area contributed by atoms with E-state index < -0.39 is 0 Å². The van der Waals surface area contributed by atoms with E-state index >= 15 is 0 Å². The van der Waals surface area contributed by atoms with Crippen LogP contribution in [0, 0.1) is 34.5 Å². The number of carbonyl (C=O) groups excluding carboxylic acids is 1. The molecule has 2 saturated carbocycles. The Kier molecular flexibility index (Phi) is 2.95. The molecule has 0 N–H and O–H groups in total. The molecule has 2 rings (SSSR count). The average molecular weight is 236 g/mol. The lowest BCUT2D eigenvalue weighted by Crippen LogP contribution is -2.39. The second-order valence-corrected chi connectivity index (χ2v) is 7.58. The van der Waals surface area contributed by atoms with Crippen molar-refractivity contribution in [1.29, 1.82) is 0 Å². The van der Waals surface area contributed by atoms with Crippen LogP contribution < -0.4 is 0 Å². The van der Waals surface area contributed by atoms with Gasteiger partial charge in [0.05, 0.1) is 0 Å². The fraction of sp³-hybridized carbons (Fsp3) is 0.938. The smallest absolute Gasteiger partial charge is 0.136 e. The molecule has 1 unspecified atom stereocenters. The largest absolute Gasteiger partial charge is 0.299 e. The topological polar surface area (TPSA) is 17.1 Å². The van der Waals surface area contributed by atoms with Gasteiger partial charge in [-0.15, -0.1) is 0 Å². The van der Waals surface area contributed by atoms with Crippen LogP contribution in [0.25, 0.3) is 0 Å². The maximum atomic E-state index is 12.4. The summed E-state index contributed by atoms with van der Waals surface area (Å²) in [5.41, 5.74) is 0.546. The molecule has 0 spiro atoms. The van der Waals surface area contributed by atoms with E-state index in [0.717, 1.165) is 6.42 Å². The van der Waals surface area contributed by atoms with Crippen molar-refractivity contribution in [2.24, 2.45) is 34.5 Å². The van der Waals surface area contributed by atoms with Gasteiger partial charge in [-0.2, -0.15) is 0 Å². The molecule has 5 atom stereocenters. The highest BCUT2D eigenvalue weighted by Gasteiger charge is 2.56. The number of fused-ring (bicyclic) bond motifs is 1. The second-order valence-electron chi connectivity index (χ2n) is 7.58. The quantitative estimate of drug-likeness (QED) is 0.612. The van der Waals surface area contributed by atoms with E-state index in [-0.39, 0.29) is 11.3 Å². The number of ketones is 1. The molecule has 2 aliphatic rings. The lowest BCUT2D eigenvalue weighted by molar-refractivity contribution is -0.125. The molecule has 0 heterocycles. The van der Waals surface area contributed by atoms with Gasteiger partial charge in [0.25, 0.3) is 0 Å². The van der Waals surface area contributed by atoms with Gasteiger partial charge < -0.3 is 0 Å². The highest BCUT2D eigenvalue weighted by molar-refractivity contribution is 5.82. The maximum Gasteiger partial charge on any atom is 0.136 e. The molecule has 1 heteroatoms. The molecule has 17 heavy (non-hydrogen) atoms.